The molecule has 3 aromatic rings. The Labute approximate surface area is 162 Å². The van der Waals surface area contributed by atoms with Crippen molar-refractivity contribution >= 4 is 0 Å². The lowest BCUT2D eigenvalue weighted by Crippen LogP contribution is -2.48. The van der Waals surface area contributed by atoms with E-state index in [1.165, 1.54) is 11.0 Å². The van der Waals surface area contributed by atoms with Gasteiger partial charge in [0, 0.05) is 56.7 Å². The predicted molar refractivity (Wildman–Crippen MR) is 102 cm³/mol. The zero-order valence-corrected chi connectivity index (χ0v) is 15.8. The van der Waals surface area contributed by atoms with Gasteiger partial charge in [0.05, 0.1) is 18.3 Å². The van der Waals surface area contributed by atoms with Gasteiger partial charge < -0.3 is 4.52 Å². The Bertz CT molecular complexity index is 934. The number of piperazine rings is 1. The minimum Gasteiger partial charge on any atom is -0.338 e. The Kier molecular flexibility index (Phi) is 5.54. The molecule has 0 aromatic carbocycles. The number of hydrogen-bond donors (Lipinski definition) is 0. The summed E-state index contributed by atoms with van der Waals surface area (Å²) in [7, 11) is 0. The average Bonchev–Trinajstić information content (AvgIpc) is 3.29. The summed E-state index contributed by atoms with van der Waals surface area (Å²) in [5.74, 6) is 0.649. The van der Waals surface area contributed by atoms with E-state index >= 15 is 0 Å². The fourth-order valence-corrected chi connectivity index (χ4v) is 3.41. The first-order chi connectivity index (χ1) is 13.7. The van der Waals surface area contributed by atoms with Crippen LogP contribution in [-0.2, 0) is 6.54 Å². The SMILES string of the molecule is CC(c1ncno1)N1CCN(CCn2nc(-c3cccnc3)ccc2=O)CC1. The maximum atomic E-state index is 12.2. The molecule has 0 saturated carbocycles. The minimum absolute atomic E-state index is 0.0868. The van der Waals surface area contributed by atoms with Crippen LogP contribution >= 0.6 is 0 Å². The molecule has 1 unspecified atom stereocenters. The number of pyridine rings is 1. The first kappa shape index (κ1) is 18.5. The zero-order valence-electron chi connectivity index (χ0n) is 15.8. The Hall–Kier alpha value is -2.91. The molecule has 3 aromatic heterocycles. The Morgan fingerprint density at radius 1 is 1.14 bits per heavy atom. The summed E-state index contributed by atoms with van der Waals surface area (Å²) in [5.41, 5.74) is 1.57. The molecular formula is C19H23N7O2. The Morgan fingerprint density at radius 2 is 2.00 bits per heavy atom. The van der Waals surface area contributed by atoms with E-state index in [4.69, 9.17) is 4.52 Å². The van der Waals surface area contributed by atoms with Crippen molar-refractivity contribution in [3.63, 3.8) is 0 Å². The molecule has 28 heavy (non-hydrogen) atoms. The van der Waals surface area contributed by atoms with Crippen LogP contribution < -0.4 is 5.56 Å². The van der Waals surface area contributed by atoms with Gasteiger partial charge >= 0.3 is 0 Å². The van der Waals surface area contributed by atoms with Crippen molar-refractivity contribution in [2.45, 2.75) is 19.5 Å². The summed E-state index contributed by atoms with van der Waals surface area (Å²) in [6.45, 7) is 7.11. The Morgan fingerprint density at radius 3 is 2.71 bits per heavy atom. The summed E-state index contributed by atoms with van der Waals surface area (Å²) < 4.78 is 6.71. The lowest BCUT2D eigenvalue weighted by Gasteiger charge is -2.36. The van der Waals surface area contributed by atoms with Gasteiger partial charge in [-0.15, -0.1) is 0 Å². The maximum absolute atomic E-state index is 12.2. The lowest BCUT2D eigenvalue weighted by atomic mass is 10.2. The quantitative estimate of drug-likeness (QED) is 0.626. The molecule has 9 heteroatoms. The van der Waals surface area contributed by atoms with E-state index in [1.54, 1.807) is 24.5 Å². The maximum Gasteiger partial charge on any atom is 0.266 e. The van der Waals surface area contributed by atoms with Crippen LogP contribution in [0.1, 0.15) is 18.9 Å². The van der Waals surface area contributed by atoms with E-state index in [1.807, 2.05) is 12.1 Å². The van der Waals surface area contributed by atoms with E-state index in [0.29, 0.717) is 12.4 Å². The highest BCUT2D eigenvalue weighted by Gasteiger charge is 2.24. The number of hydrogen-bond acceptors (Lipinski definition) is 8. The van der Waals surface area contributed by atoms with E-state index in [9.17, 15) is 4.79 Å². The van der Waals surface area contributed by atoms with Crippen LogP contribution in [0.2, 0.25) is 0 Å². The molecule has 0 aliphatic carbocycles. The summed E-state index contributed by atoms with van der Waals surface area (Å²) in [6.07, 6.45) is 4.91. The lowest BCUT2D eigenvalue weighted by molar-refractivity contribution is 0.0856. The topological polar surface area (TPSA) is 93.2 Å². The van der Waals surface area contributed by atoms with Crippen LogP contribution in [0.25, 0.3) is 11.3 Å². The molecule has 1 fully saturated rings. The first-order valence-corrected chi connectivity index (χ1v) is 9.42. The van der Waals surface area contributed by atoms with Crippen molar-refractivity contribution in [2.24, 2.45) is 0 Å². The second-order valence-electron chi connectivity index (χ2n) is 6.85. The van der Waals surface area contributed by atoms with Gasteiger partial charge in [0.1, 0.15) is 0 Å². The fraction of sp³-hybridized carbons (Fsp3) is 0.421. The molecule has 1 saturated heterocycles. The molecule has 146 valence electrons. The van der Waals surface area contributed by atoms with Gasteiger partial charge in [-0.25, -0.2) is 4.68 Å². The third kappa shape index (κ3) is 4.15. The van der Waals surface area contributed by atoms with Gasteiger partial charge in [0.15, 0.2) is 6.33 Å². The second kappa shape index (κ2) is 8.41. The summed E-state index contributed by atoms with van der Waals surface area (Å²) >= 11 is 0. The van der Waals surface area contributed by atoms with Crippen molar-refractivity contribution in [1.29, 1.82) is 0 Å². The molecular weight excluding hydrogens is 358 g/mol. The van der Waals surface area contributed by atoms with Crippen LogP contribution in [-0.4, -0.2) is 67.4 Å². The van der Waals surface area contributed by atoms with Crippen molar-refractivity contribution in [2.75, 3.05) is 32.7 Å². The molecule has 0 radical (unpaired) electrons. The van der Waals surface area contributed by atoms with Crippen LogP contribution in [0.3, 0.4) is 0 Å². The summed E-state index contributed by atoms with van der Waals surface area (Å²) in [5, 5.41) is 8.19. The molecule has 0 spiro atoms. The fourth-order valence-electron chi connectivity index (χ4n) is 3.41. The molecule has 0 bridgehead atoms. The van der Waals surface area contributed by atoms with Gasteiger partial charge in [-0.3, -0.25) is 19.6 Å². The third-order valence-electron chi connectivity index (χ3n) is 5.14. The molecule has 4 heterocycles. The van der Waals surface area contributed by atoms with E-state index in [2.05, 4.69) is 36.9 Å². The van der Waals surface area contributed by atoms with Gasteiger partial charge in [0.2, 0.25) is 5.89 Å². The van der Waals surface area contributed by atoms with Crippen LogP contribution in [0.15, 0.2) is 52.3 Å². The van der Waals surface area contributed by atoms with Gasteiger partial charge in [-0.2, -0.15) is 10.1 Å². The van der Waals surface area contributed by atoms with Crippen molar-refractivity contribution < 1.29 is 4.52 Å². The molecule has 4 rings (SSSR count). The highest BCUT2D eigenvalue weighted by Crippen LogP contribution is 2.19. The molecule has 1 aliphatic rings. The molecule has 0 amide bonds. The largest absolute Gasteiger partial charge is 0.338 e. The van der Waals surface area contributed by atoms with Gasteiger partial charge in [0.25, 0.3) is 5.56 Å². The normalized spacial score (nSPS) is 16.9. The second-order valence-corrected chi connectivity index (χ2v) is 6.85. The monoisotopic (exact) mass is 381 g/mol. The molecule has 0 N–H and O–H groups in total. The summed E-state index contributed by atoms with van der Waals surface area (Å²) in [6, 6.07) is 7.23. The number of rotatable bonds is 6. The first-order valence-electron chi connectivity index (χ1n) is 9.42. The molecule has 9 nitrogen and oxygen atoms in total. The smallest absolute Gasteiger partial charge is 0.266 e. The van der Waals surface area contributed by atoms with Crippen LogP contribution in [0, 0.1) is 0 Å². The zero-order chi connectivity index (χ0) is 19.3. The molecule has 1 aliphatic heterocycles. The summed E-state index contributed by atoms with van der Waals surface area (Å²) in [4.78, 5) is 25.1. The Balaban J connectivity index is 1.34. The van der Waals surface area contributed by atoms with Gasteiger partial charge in [-0.05, 0) is 25.1 Å². The van der Waals surface area contributed by atoms with Gasteiger partial charge in [-0.1, -0.05) is 5.16 Å². The minimum atomic E-state index is -0.0868. The number of aromatic nitrogens is 5. The van der Waals surface area contributed by atoms with Crippen LogP contribution in [0.4, 0.5) is 0 Å². The number of nitrogens with zero attached hydrogens (tertiary/aromatic N) is 7. The standard InChI is InChI=1S/C19H23N7O2/c1-15(19-21-14-22-28-19)25-10-7-24(8-11-25)9-12-26-18(27)5-4-17(23-26)16-3-2-6-20-13-16/h2-6,13-15H,7-12H2,1H3. The predicted octanol–water partition coefficient (Wildman–Crippen LogP) is 1.07. The van der Waals surface area contributed by atoms with E-state index in [0.717, 1.165) is 44.0 Å². The van der Waals surface area contributed by atoms with Crippen LogP contribution in [0.5, 0.6) is 0 Å². The highest BCUT2D eigenvalue weighted by atomic mass is 16.5. The highest BCUT2D eigenvalue weighted by molar-refractivity contribution is 5.56. The average molecular weight is 381 g/mol. The van der Waals surface area contributed by atoms with E-state index in [-0.39, 0.29) is 11.6 Å². The third-order valence-corrected chi connectivity index (χ3v) is 5.14. The molecule has 1 atom stereocenters. The van der Waals surface area contributed by atoms with Crippen molar-refractivity contribution in [3.05, 3.63) is 59.2 Å². The van der Waals surface area contributed by atoms with Crippen molar-refractivity contribution in [3.8, 4) is 11.3 Å². The van der Waals surface area contributed by atoms with E-state index < -0.39 is 0 Å². The van der Waals surface area contributed by atoms with Crippen molar-refractivity contribution in [1.82, 2.24) is 34.7 Å².